The zero-order chi connectivity index (χ0) is 18.3. The molecule has 1 atom stereocenters. The lowest BCUT2D eigenvalue weighted by atomic mass is 10.0. The Balaban J connectivity index is 1.73. The van der Waals surface area contributed by atoms with Gasteiger partial charge in [-0.15, -0.1) is 0 Å². The summed E-state index contributed by atoms with van der Waals surface area (Å²) in [6, 6.07) is 7.12. The maximum absolute atomic E-state index is 14.3. The van der Waals surface area contributed by atoms with E-state index in [1.54, 1.807) is 10.6 Å². The van der Waals surface area contributed by atoms with Crippen LogP contribution in [0.5, 0.6) is 0 Å². The summed E-state index contributed by atoms with van der Waals surface area (Å²) < 4.78 is 29.7. The molecule has 1 fully saturated rings. The Morgan fingerprint density at radius 2 is 2.12 bits per heavy atom. The number of rotatable bonds is 3. The molecule has 0 radical (unpaired) electrons. The third-order valence-electron chi connectivity index (χ3n) is 4.70. The molecule has 1 aliphatic heterocycles. The van der Waals surface area contributed by atoms with Gasteiger partial charge in [-0.3, -0.25) is 9.20 Å². The van der Waals surface area contributed by atoms with Crippen LogP contribution in [0.15, 0.2) is 42.7 Å². The SMILES string of the molecule is CC(=O)Nc1cnc2ccc(N3CCCC3c3cc(F)ccc3F)cn12. The first kappa shape index (κ1) is 16.5. The smallest absolute Gasteiger partial charge is 0.222 e. The number of carbonyl (C=O) groups is 1. The van der Waals surface area contributed by atoms with Gasteiger partial charge in [-0.25, -0.2) is 13.8 Å². The van der Waals surface area contributed by atoms with Crippen molar-refractivity contribution in [3.8, 4) is 0 Å². The van der Waals surface area contributed by atoms with E-state index in [0.29, 0.717) is 17.0 Å². The predicted molar refractivity (Wildman–Crippen MR) is 95.2 cm³/mol. The Labute approximate surface area is 149 Å². The highest BCUT2D eigenvalue weighted by molar-refractivity contribution is 5.88. The molecular formula is C19H18F2N4O. The summed E-state index contributed by atoms with van der Waals surface area (Å²) >= 11 is 0. The molecule has 0 saturated carbocycles. The van der Waals surface area contributed by atoms with E-state index >= 15 is 0 Å². The lowest BCUT2D eigenvalue weighted by Gasteiger charge is -2.27. The van der Waals surface area contributed by atoms with Crippen LogP contribution in [0.25, 0.3) is 5.65 Å². The fraction of sp³-hybridized carbons (Fsp3) is 0.263. The number of anilines is 2. The van der Waals surface area contributed by atoms with E-state index in [-0.39, 0.29) is 11.9 Å². The van der Waals surface area contributed by atoms with Crippen LogP contribution in [0.4, 0.5) is 20.3 Å². The van der Waals surface area contributed by atoms with Gasteiger partial charge in [0.05, 0.1) is 17.9 Å². The number of pyridine rings is 1. The van der Waals surface area contributed by atoms with Crippen molar-refractivity contribution in [1.82, 2.24) is 9.38 Å². The number of amides is 1. The summed E-state index contributed by atoms with van der Waals surface area (Å²) in [6.45, 7) is 2.18. The van der Waals surface area contributed by atoms with Crippen LogP contribution < -0.4 is 10.2 Å². The molecule has 26 heavy (non-hydrogen) atoms. The molecule has 4 rings (SSSR count). The molecule has 0 aliphatic carbocycles. The standard InChI is InChI=1S/C19H18F2N4O/c1-12(26)23-19-10-22-18-7-5-14(11-25(18)19)24-8-2-3-17(24)15-9-13(20)4-6-16(15)21/h4-7,9-11,17H,2-3,8H2,1H3,(H,23,26). The van der Waals surface area contributed by atoms with Crippen molar-refractivity contribution in [3.05, 3.63) is 59.9 Å². The van der Waals surface area contributed by atoms with Crippen LogP contribution in [-0.4, -0.2) is 21.8 Å². The molecule has 7 heteroatoms. The lowest BCUT2D eigenvalue weighted by Crippen LogP contribution is -2.23. The second-order valence-electron chi connectivity index (χ2n) is 6.46. The first-order chi connectivity index (χ1) is 12.5. The van der Waals surface area contributed by atoms with E-state index in [4.69, 9.17) is 0 Å². The summed E-state index contributed by atoms with van der Waals surface area (Å²) in [5, 5.41) is 2.74. The Kier molecular flexibility index (Phi) is 4.06. The minimum atomic E-state index is -0.439. The molecule has 3 heterocycles. The molecule has 134 valence electrons. The zero-order valence-electron chi connectivity index (χ0n) is 14.2. The molecule has 1 N–H and O–H groups in total. The number of hydrogen-bond acceptors (Lipinski definition) is 3. The fourth-order valence-electron chi connectivity index (χ4n) is 3.58. The second kappa shape index (κ2) is 6.40. The van der Waals surface area contributed by atoms with Crippen molar-refractivity contribution < 1.29 is 13.6 Å². The summed E-state index contributed by atoms with van der Waals surface area (Å²) in [6.07, 6.45) is 5.10. The third kappa shape index (κ3) is 2.89. The van der Waals surface area contributed by atoms with Crippen molar-refractivity contribution >= 4 is 23.1 Å². The minimum absolute atomic E-state index is 0.182. The molecule has 3 aromatic rings. The average Bonchev–Trinajstić information content (AvgIpc) is 3.23. The number of aromatic nitrogens is 2. The Hall–Kier alpha value is -2.96. The highest BCUT2D eigenvalue weighted by atomic mass is 19.1. The van der Waals surface area contributed by atoms with Gasteiger partial charge in [-0.2, -0.15) is 0 Å². The van der Waals surface area contributed by atoms with Gasteiger partial charge >= 0.3 is 0 Å². The van der Waals surface area contributed by atoms with Gasteiger partial charge < -0.3 is 10.2 Å². The molecule has 1 aliphatic rings. The number of carbonyl (C=O) groups excluding carboxylic acids is 1. The van der Waals surface area contributed by atoms with E-state index in [0.717, 1.165) is 31.1 Å². The molecule has 5 nitrogen and oxygen atoms in total. The highest BCUT2D eigenvalue weighted by Crippen LogP contribution is 2.37. The van der Waals surface area contributed by atoms with Crippen LogP contribution in [0, 0.1) is 11.6 Å². The van der Waals surface area contributed by atoms with E-state index in [9.17, 15) is 13.6 Å². The van der Waals surface area contributed by atoms with Gasteiger partial charge in [0.25, 0.3) is 0 Å². The fourth-order valence-corrected chi connectivity index (χ4v) is 3.58. The quantitative estimate of drug-likeness (QED) is 0.774. The molecule has 2 aromatic heterocycles. The van der Waals surface area contributed by atoms with Crippen LogP contribution in [0.1, 0.15) is 31.4 Å². The molecule has 1 saturated heterocycles. The Morgan fingerprint density at radius 1 is 1.27 bits per heavy atom. The van der Waals surface area contributed by atoms with Gasteiger partial charge in [0.1, 0.15) is 23.1 Å². The summed E-state index contributed by atoms with van der Waals surface area (Å²) in [4.78, 5) is 17.7. The van der Waals surface area contributed by atoms with Gasteiger partial charge in [-0.1, -0.05) is 0 Å². The van der Waals surface area contributed by atoms with Gasteiger partial charge in [0.2, 0.25) is 5.91 Å². The second-order valence-corrected chi connectivity index (χ2v) is 6.46. The molecule has 0 spiro atoms. The molecule has 0 bridgehead atoms. The van der Waals surface area contributed by atoms with E-state index < -0.39 is 11.6 Å². The molecule has 1 amide bonds. The first-order valence-electron chi connectivity index (χ1n) is 8.49. The topological polar surface area (TPSA) is 49.6 Å². The van der Waals surface area contributed by atoms with Gasteiger partial charge in [-0.05, 0) is 43.2 Å². The van der Waals surface area contributed by atoms with E-state index in [2.05, 4.69) is 15.2 Å². The van der Waals surface area contributed by atoms with Crippen molar-refractivity contribution in [2.45, 2.75) is 25.8 Å². The lowest BCUT2D eigenvalue weighted by molar-refractivity contribution is -0.114. The maximum Gasteiger partial charge on any atom is 0.222 e. The predicted octanol–water partition coefficient (Wildman–Crippen LogP) is 3.91. The number of nitrogens with one attached hydrogen (secondary N) is 1. The molecule has 1 unspecified atom stereocenters. The number of imidazole rings is 1. The number of halogens is 2. The number of hydrogen-bond donors (Lipinski definition) is 1. The van der Waals surface area contributed by atoms with Crippen molar-refractivity contribution in [2.75, 3.05) is 16.8 Å². The van der Waals surface area contributed by atoms with Crippen LogP contribution >= 0.6 is 0 Å². The Morgan fingerprint density at radius 3 is 2.92 bits per heavy atom. The van der Waals surface area contributed by atoms with E-state index in [1.165, 1.54) is 19.1 Å². The first-order valence-corrected chi connectivity index (χ1v) is 8.49. The largest absolute Gasteiger partial charge is 0.363 e. The van der Waals surface area contributed by atoms with Gasteiger partial charge in [0.15, 0.2) is 0 Å². The maximum atomic E-state index is 14.3. The van der Waals surface area contributed by atoms with Crippen LogP contribution in [0.2, 0.25) is 0 Å². The summed E-state index contributed by atoms with van der Waals surface area (Å²) in [5.41, 5.74) is 1.94. The summed E-state index contributed by atoms with van der Waals surface area (Å²) in [5.74, 6) is -0.447. The highest BCUT2D eigenvalue weighted by Gasteiger charge is 2.29. The van der Waals surface area contributed by atoms with Crippen LogP contribution in [0.3, 0.4) is 0 Å². The Bertz CT molecular complexity index is 985. The third-order valence-corrected chi connectivity index (χ3v) is 4.70. The zero-order valence-corrected chi connectivity index (χ0v) is 14.2. The average molecular weight is 356 g/mol. The van der Waals surface area contributed by atoms with Crippen molar-refractivity contribution in [1.29, 1.82) is 0 Å². The van der Waals surface area contributed by atoms with Crippen molar-refractivity contribution in [3.63, 3.8) is 0 Å². The number of benzene rings is 1. The van der Waals surface area contributed by atoms with Crippen molar-refractivity contribution in [2.24, 2.45) is 0 Å². The molecule has 1 aromatic carbocycles. The molecular weight excluding hydrogens is 338 g/mol. The monoisotopic (exact) mass is 356 g/mol. The van der Waals surface area contributed by atoms with E-state index in [1.807, 2.05) is 18.3 Å². The number of fused-ring (bicyclic) bond motifs is 1. The minimum Gasteiger partial charge on any atom is -0.363 e. The summed E-state index contributed by atoms with van der Waals surface area (Å²) in [7, 11) is 0. The normalized spacial score (nSPS) is 17.0. The van der Waals surface area contributed by atoms with Crippen LogP contribution in [-0.2, 0) is 4.79 Å². The van der Waals surface area contributed by atoms with Gasteiger partial charge in [0, 0.05) is 25.2 Å². The number of nitrogens with zero attached hydrogens (tertiary/aromatic N) is 3.